The van der Waals surface area contributed by atoms with Crippen LogP contribution in [0, 0.1) is 5.92 Å². The SMILES string of the molecule is CC1(CO)CCC(CN)C(C)(C)O1. The van der Waals surface area contributed by atoms with Crippen LogP contribution in [-0.2, 0) is 4.74 Å². The summed E-state index contributed by atoms with van der Waals surface area (Å²) in [5, 5.41) is 9.19. The van der Waals surface area contributed by atoms with Crippen molar-refractivity contribution >= 4 is 0 Å². The van der Waals surface area contributed by atoms with E-state index in [4.69, 9.17) is 10.5 Å². The van der Waals surface area contributed by atoms with Gasteiger partial charge in [0.15, 0.2) is 0 Å². The standard InChI is InChI=1S/C10H21NO2/c1-9(2)8(6-11)4-5-10(3,7-12)13-9/h8,12H,4-7,11H2,1-3H3. The fourth-order valence-electron chi connectivity index (χ4n) is 2.11. The van der Waals surface area contributed by atoms with Crippen LogP contribution in [0.5, 0.6) is 0 Å². The number of aliphatic hydroxyl groups is 1. The highest BCUT2D eigenvalue weighted by Gasteiger charge is 2.42. The second-order valence-electron chi connectivity index (χ2n) is 4.78. The molecule has 0 aliphatic carbocycles. The second kappa shape index (κ2) is 3.56. The van der Waals surface area contributed by atoms with Gasteiger partial charge in [-0.3, -0.25) is 0 Å². The summed E-state index contributed by atoms with van der Waals surface area (Å²) >= 11 is 0. The summed E-state index contributed by atoms with van der Waals surface area (Å²) in [6.07, 6.45) is 1.94. The lowest BCUT2D eigenvalue weighted by molar-refractivity contribution is -0.204. The maximum atomic E-state index is 9.19. The van der Waals surface area contributed by atoms with Crippen molar-refractivity contribution in [2.75, 3.05) is 13.2 Å². The Balaban J connectivity index is 2.69. The quantitative estimate of drug-likeness (QED) is 0.675. The van der Waals surface area contributed by atoms with Crippen molar-refractivity contribution in [2.24, 2.45) is 11.7 Å². The molecule has 1 aliphatic heterocycles. The summed E-state index contributed by atoms with van der Waals surface area (Å²) in [6.45, 7) is 6.82. The molecular weight excluding hydrogens is 166 g/mol. The molecule has 0 aromatic rings. The molecule has 1 rings (SSSR count). The summed E-state index contributed by atoms with van der Waals surface area (Å²) in [4.78, 5) is 0. The average Bonchev–Trinajstić information content (AvgIpc) is 2.03. The Bertz CT molecular complexity index is 182. The van der Waals surface area contributed by atoms with Crippen molar-refractivity contribution < 1.29 is 9.84 Å². The average molecular weight is 187 g/mol. The highest BCUT2D eigenvalue weighted by atomic mass is 16.5. The first kappa shape index (κ1) is 11.0. The number of rotatable bonds is 2. The highest BCUT2D eigenvalue weighted by Crippen LogP contribution is 2.38. The Labute approximate surface area is 80.3 Å². The minimum atomic E-state index is -0.366. The fourth-order valence-corrected chi connectivity index (χ4v) is 2.11. The second-order valence-corrected chi connectivity index (χ2v) is 4.78. The van der Waals surface area contributed by atoms with E-state index in [1.807, 2.05) is 6.92 Å². The van der Waals surface area contributed by atoms with Gasteiger partial charge in [-0.05, 0) is 46.1 Å². The van der Waals surface area contributed by atoms with Crippen LogP contribution < -0.4 is 5.73 Å². The topological polar surface area (TPSA) is 55.5 Å². The Morgan fingerprint density at radius 2 is 2.08 bits per heavy atom. The van der Waals surface area contributed by atoms with Gasteiger partial charge >= 0.3 is 0 Å². The van der Waals surface area contributed by atoms with Crippen LogP contribution >= 0.6 is 0 Å². The van der Waals surface area contributed by atoms with Gasteiger partial charge in [-0.15, -0.1) is 0 Å². The van der Waals surface area contributed by atoms with Crippen molar-refractivity contribution in [2.45, 2.75) is 44.8 Å². The van der Waals surface area contributed by atoms with Gasteiger partial charge in [0, 0.05) is 0 Å². The maximum absolute atomic E-state index is 9.19. The normalized spacial score (nSPS) is 39.0. The molecule has 0 aromatic heterocycles. The smallest absolute Gasteiger partial charge is 0.0891 e. The summed E-state index contributed by atoms with van der Waals surface area (Å²) in [6, 6.07) is 0. The van der Waals surface area contributed by atoms with Crippen LogP contribution in [0.2, 0.25) is 0 Å². The third-order valence-electron chi connectivity index (χ3n) is 3.13. The van der Waals surface area contributed by atoms with Crippen LogP contribution in [0.3, 0.4) is 0 Å². The van der Waals surface area contributed by atoms with Crippen molar-refractivity contribution in [1.29, 1.82) is 0 Å². The van der Waals surface area contributed by atoms with E-state index in [0.29, 0.717) is 12.5 Å². The van der Waals surface area contributed by atoms with Crippen LogP contribution in [0.15, 0.2) is 0 Å². The Kier molecular flexibility index (Phi) is 3.00. The first-order valence-corrected chi connectivity index (χ1v) is 4.95. The lowest BCUT2D eigenvalue weighted by Crippen LogP contribution is -2.52. The highest BCUT2D eigenvalue weighted by molar-refractivity contribution is 4.92. The fraction of sp³-hybridized carbons (Fsp3) is 1.00. The van der Waals surface area contributed by atoms with Crippen LogP contribution in [0.1, 0.15) is 33.6 Å². The van der Waals surface area contributed by atoms with Gasteiger partial charge in [0.25, 0.3) is 0 Å². The third kappa shape index (κ3) is 2.22. The van der Waals surface area contributed by atoms with Crippen molar-refractivity contribution in [3.8, 4) is 0 Å². The summed E-state index contributed by atoms with van der Waals surface area (Å²) in [5.41, 5.74) is 5.10. The molecule has 78 valence electrons. The van der Waals surface area contributed by atoms with Gasteiger partial charge in [0.2, 0.25) is 0 Å². The monoisotopic (exact) mass is 187 g/mol. The molecule has 0 saturated carbocycles. The predicted octanol–water partition coefficient (Wildman–Crippen LogP) is 0.901. The Morgan fingerprint density at radius 1 is 1.46 bits per heavy atom. The molecule has 2 atom stereocenters. The first-order chi connectivity index (χ1) is 5.93. The van der Waals surface area contributed by atoms with Gasteiger partial charge < -0.3 is 15.6 Å². The third-order valence-corrected chi connectivity index (χ3v) is 3.13. The van der Waals surface area contributed by atoms with Gasteiger partial charge in [-0.25, -0.2) is 0 Å². The molecule has 3 N–H and O–H groups in total. The maximum Gasteiger partial charge on any atom is 0.0891 e. The molecule has 13 heavy (non-hydrogen) atoms. The lowest BCUT2D eigenvalue weighted by Gasteiger charge is -2.47. The molecule has 3 nitrogen and oxygen atoms in total. The van der Waals surface area contributed by atoms with Gasteiger partial charge in [0.1, 0.15) is 0 Å². The number of aliphatic hydroxyl groups excluding tert-OH is 1. The lowest BCUT2D eigenvalue weighted by atomic mass is 9.79. The zero-order chi connectivity index (χ0) is 10.1. The zero-order valence-corrected chi connectivity index (χ0v) is 8.84. The van der Waals surface area contributed by atoms with Crippen molar-refractivity contribution in [1.82, 2.24) is 0 Å². The number of hydrogen-bond donors (Lipinski definition) is 2. The van der Waals surface area contributed by atoms with E-state index in [-0.39, 0.29) is 17.8 Å². The van der Waals surface area contributed by atoms with E-state index in [1.165, 1.54) is 0 Å². The van der Waals surface area contributed by atoms with E-state index >= 15 is 0 Å². The van der Waals surface area contributed by atoms with E-state index < -0.39 is 0 Å². The van der Waals surface area contributed by atoms with Gasteiger partial charge in [0.05, 0.1) is 17.8 Å². The molecule has 0 spiro atoms. The number of nitrogens with two attached hydrogens (primary N) is 1. The van der Waals surface area contributed by atoms with Crippen LogP contribution in [0.25, 0.3) is 0 Å². The number of hydrogen-bond acceptors (Lipinski definition) is 3. The van der Waals surface area contributed by atoms with Crippen molar-refractivity contribution in [3.63, 3.8) is 0 Å². The van der Waals surface area contributed by atoms with Crippen molar-refractivity contribution in [3.05, 3.63) is 0 Å². The summed E-state index contributed by atoms with van der Waals surface area (Å²) < 4.78 is 5.88. The molecule has 0 bridgehead atoms. The first-order valence-electron chi connectivity index (χ1n) is 4.95. The summed E-state index contributed by atoms with van der Waals surface area (Å²) in [7, 11) is 0. The van der Waals surface area contributed by atoms with E-state index in [2.05, 4.69) is 13.8 Å². The Morgan fingerprint density at radius 3 is 2.46 bits per heavy atom. The minimum Gasteiger partial charge on any atom is -0.393 e. The molecule has 0 amide bonds. The van der Waals surface area contributed by atoms with Crippen LogP contribution in [-0.4, -0.2) is 29.5 Å². The largest absolute Gasteiger partial charge is 0.393 e. The molecule has 1 heterocycles. The molecule has 1 saturated heterocycles. The summed E-state index contributed by atoms with van der Waals surface area (Å²) in [5.74, 6) is 0.409. The van der Waals surface area contributed by atoms with Gasteiger partial charge in [-0.2, -0.15) is 0 Å². The molecule has 3 heteroatoms. The molecule has 1 aliphatic rings. The van der Waals surface area contributed by atoms with Gasteiger partial charge in [-0.1, -0.05) is 0 Å². The van der Waals surface area contributed by atoms with E-state index in [1.54, 1.807) is 0 Å². The molecule has 0 aromatic carbocycles. The molecule has 2 unspecified atom stereocenters. The molecule has 1 fully saturated rings. The molecule has 0 radical (unpaired) electrons. The number of ether oxygens (including phenoxy) is 1. The van der Waals surface area contributed by atoms with E-state index in [0.717, 1.165) is 12.8 Å². The molecular formula is C10H21NO2. The zero-order valence-electron chi connectivity index (χ0n) is 8.84. The van der Waals surface area contributed by atoms with E-state index in [9.17, 15) is 5.11 Å². The predicted molar refractivity (Wildman–Crippen MR) is 52.4 cm³/mol. The minimum absolute atomic E-state index is 0.0910. The Hall–Kier alpha value is -0.120. The van der Waals surface area contributed by atoms with Crippen LogP contribution in [0.4, 0.5) is 0 Å².